The fourth-order valence-corrected chi connectivity index (χ4v) is 1.93. The van der Waals surface area contributed by atoms with Gasteiger partial charge in [-0.05, 0) is 24.1 Å². The number of carbonyl (C=O) groups is 1. The van der Waals surface area contributed by atoms with Crippen molar-refractivity contribution in [1.82, 2.24) is 4.98 Å². The third-order valence-electron chi connectivity index (χ3n) is 2.80. The Labute approximate surface area is 99.5 Å². The van der Waals surface area contributed by atoms with Crippen LogP contribution in [0.2, 0.25) is 0 Å². The molecule has 1 aromatic heterocycles. The van der Waals surface area contributed by atoms with Crippen LogP contribution in [0, 0.1) is 0 Å². The summed E-state index contributed by atoms with van der Waals surface area (Å²) < 4.78 is 9.96. The van der Waals surface area contributed by atoms with Crippen molar-refractivity contribution in [2.24, 2.45) is 0 Å². The molecule has 0 bridgehead atoms. The van der Waals surface area contributed by atoms with Gasteiger partial charge in [0, 0.05) is 23.5 Å². The van der Waals surface area contributed by atoms with Crippen LogP contribution in [0.1, 0.15) is 12.0 Å². The van der Waals surface area contributed by atoms with E-state index in [1.54, 1.807) is 7.11 Å². The van der Waals surface area contributed by atoms with Crippen molar-refractivity contribution in [3.8, 4) is 5.75 Å². The number of esters is 1. The van der Waals surface area contributed by atoms with Crippen molar-refractivity contribution in [1.29, 1.82) is 0 Å². The summed E-state index contributed by atoms with van der Waals surface area (Å²) in [5.74, 6) is 0.623. The third-order valence-corrected chi connectivity index (χ3v) is 2.80. The standard InChI is InChI=1S/C13H15NO3/c1-16-11-5-3-4-10-13(11)9(8-14-10)6-7-12(15)17-2/h3-5,8,14H,6-7H2,1-2H3. The number of ether oxygens (including phenoxy) is 2. The Morgan fingerprint density at radius 3 is 2.88 bits per heavy atom. The SMILES string of the molecule is COC(=O)CCc1c[nH]c2cccc(OC)c12. The van der Waals surface area contributed by atoms with Crippen LogP contribution < -0.4 is 4.74 Å². The summed E-state index contributed by atoms with van der Waals surface area (Å²) in [4.78, 5) is 14.3. The van der Waals surface area contributed by atoms with Gasteiger partial charge in [-0.1, -0.05) is 6.07 Å². The maximum Gasteiger partial charge on any atom is 0.305 e. The molecule has 0 unspecified atom stereocenters. The van der Waals surface area contributed by atoms with Gasteiger partial charge in [0.05, 0.1) is 14.2 Å². The van der Waals surface area contributed by atoms with Gasteiger partial charge in [0.1, 0.15) is 5.75 Å². The summed E-state index contributed by atoms with van der Waals surface area (Å²) in [6.45, 7) is 0. The van der Waals surface area contributed by atoms with Gasteiger partial charge in [-0.3, -0.25) is 4.79 Å². The summed E-state index contributed by atoms with van der Waals surface area (Å²) in [6.07, 6.45) is 2.94. The molecule has 0 aliphatic heterocycles. The van der Waals surface area contributed by atoms with E-state index in [0.29, 0.717) is 12.8 Å². The van der Waals surface area contributed by atoms with Gasteiger partial charge < -0.3 is 14.5 Å². The molecule has 17 heavy (non-hydrogen) atoms. The first-order valence-corrected chi connectivity index (χ1v) is 5.46. The lowest BCUT2D eigenvalue weighted by molar-refractivity contribution is -0.140. The zero-order chi connectivity index (χ0) is 12.3. The average molecular weight is 233 g/mol. The average Bonchev–Trinajstić information content (AvgIpc) is 2.79. The molecule has 1 aromatic carbocycles. The molecule has 0 saturated heterocycles. The number of aromatic amines is 1. The van der Waals surface area contributed by atoms with E-state index < -0.39 is 0 Å². The number of aromatic nitrogens is 1. The van der Waals surface area contributed by atoms with Crippen molar-refractivity contribution in [3.05, 3.63) is 30.0 Å². The van der Waals surface area contributed by atoms with E-state index in [-0.39, 0.29) is 5.97 Å². The van der Waals surface area contributed by atoms with Crippen molar-refractivity contribution in [3.63, 3.8) is 0 Å². The second-order valence-corrected chi connectivity index (χ2v) is 3.77. The minimum Gasteiger partial charge on any atom is -0.496 e. The highest BCUT2D eigenvalue weighted by molar-refractivity contribution is 5.89. The lowest BCUT2D eigenvalue weighted by atomic mass is 10.1. The fraction of sp³-hybridized carbons (Fsp3) is 0.308. The van der Waals surface area contributed by atoms with E-state index in [1.807, 2.05) is 24.4 Å². The normalized spacial score (nSPS) is 10.5. The molecule has 0 atom stereocenters. The smallest absolute Gasteiger partial charge is 0.305 e. The summed E-state index contributed by atoms with van der Waals surface area (Å²) in [6, 6.07) is 5.83. The lowest BCUT2D eigenvalue weighted by Gasteiger charge is -2.04. The van der Waals surface area contributed by atoms with Crippen LogP contribution in [0.4, 0.5) is 0 Å². The third kappa shape index (κ3) is 2.25. The van der Waals surface area contributed by atoms with Gasteiger partial charge in [0.15, 0.2) is 0 Å². The molecule has 4 heteroatoms. The largest absolute Gasteiger partial charge is 0.496 e. The quantitative estimate of drug-likeness (QED) is 0.824. The molecule has 4 nitrogen and oxygen atoms in total. The molecule has 1 heterocycles. The maximum atomic E-state index is 11.1. The highest BCUT2D eigenvalue weighted by Crippen LogP contribution is 2.29. The monoisotopic (exact) mass is 233 g/mol. The zero-order valence-corrected chi connectivity index (χ0v) is 9.95. The molecule has 0 aliphatic rings. The maximum absolute atomic E-state index is 11.1. The zero-order valence-electron chi connectivity index (χ0n) is 9.95. The summed E-state index contributed by atoms with van der Waals surface area (Å²) in [5, 5.41) is 1.04. The van der Waals surface area contributed by atoms with Gasteiger partial charge in [-0.15, -0.1) is 0 Å². The van der Waals surface area contributed by atoms with E-state index in [4.69, 9.17) is 4.74 Å². The van der Waals surface area contributed by atoms with Crippen LogP contribution in [0.15, 0.2) is 24.4 Å². The van der Waals surface area contributed by atoms with E-state index >= 15 is 0 Å². The Bertz CT molecular complexity index is 530. The lowest BCUT2D eigenvalue weighted by Crippen LogP contribution is -2.01. The molecule has 1 N–H and O–H groups in total. The van der Waals surface area contributed by atoms with E-state index in [1.165, 1.54) is 7.11 Å². The van der Waals surface area contributed by atoms with E-state index in [0.717, 1.165) is 22.2 Å². The topological polar surface area (TPSA) is 51.3 Å². The minimum absolute atomic E-state index is 0.200. The molecule has 0 amide bonds. The highest BCUT2D eigenvalue weighted by atomic mass is 16.5. The first-order valence-electron chi connectivity index (χ1n) is 5.46. The Balaban J connectivity index is 2.31. The second kappa shape index (κ2) is 4.91. The summed E-state index contributed by atoms with van der Waals surface area (Å²) in [7, 11) is 3.05. The predicted octanol–water partition coefficient (Wildman–Crippen LogP) is 2.28. The number of nitrogens with one attached hydrogen (secondary N) is 1. The Kier molecular flexibility index (Phi) is 3.32. The summed E-state index contributed by atoms with van der Waals surface area (Å²) in [5.41, 5.74) is 2.09. The molecular formula is C13H15NO3. The molecule has 0 aliphatic carbocycles. The number of aryl methyl sites for hydroxylation is 1. The first kappa shape index (κ1) is 11.5. The van der Waals surface area contributed by atoms with Gasteiger partial charge in [0.25, 0.3) is 0 Å². The Hall–Kier alpha value is -1.97. The number of benzene rings is 1. The first-order chi connectivity index (χ1) is 8.26. The predicted molar refractivity (Wildman–Crippen MR) is 65.2 cm³/mol. The number of hydrogen-bond donors (Lipinski definition) is 1. The van der Waals surface area contributed by atoms with Crippen molar-refractivity contribution in [2.45, 2.75) is 12.8 Å². The van der Waals surface area contributed by atoms with E-state index in [2.05, 4.69) is 9.72 Å². The van der Waals surface area contributed by atoms with Crippen LogP contribution in [0.25, 0.3) is 10.9 Å². The summed E-state index contributed by atoms with van der Waals surface area (Å²) >= 11 is 0. The second-order valence-electron chi connectivity index (χ2n) is 3.77. The fourth-order valence-electron chi connectivity index (χ4n) is 1.93. The van der Waals surface area contributed by atoms with Crippen LogP contribution >= 0.6 is 0 Å². The molecule has 2 rings (SSSR count). The number of hydrogen-bond acceptors (Lipinski definition) is 3. The molecule has 90 valence electrons. The number of fused-ring (bicyclic) bond motifs is 1. The van der Waals surface area contributed by atoms with Gasteiger partial charge in [-0.25, -0.2) is 0 Å². The number of H-pyrrole nitrogens is 1. The number of carbonyl (C=O) groups excluding carboxylic acids is 1. The molecular weight excluding hydrogens is 218 g/mol. The number of rotatable bonds is 4. The van der Waals surface area contributed by atoms with Crippen molar-refractivity contribution >= 4 is 16.9 Å². The molecule has 0 fully saturated rings. The molecule has 2 aromatic rings. The molecule has 0 spiro atoms. The van der Waals surface area contributed by atoms with Crippen LogP contribution in [-0.2, 0) is 16.0 Å². The van der Waals surface area contributed by atoms with Gasteiger partial charge in [0.2, 0.25) is 0 Å². The number of methoxy groups -OCH3 is 2. The Morgan fingerprint density at radius 2 is 2.18 bits per heavy atom. The van der Waals surface area contributed by atoms with Crippen LogP contribution in [-0.4, -0.2) is 25.2 Å². The minimum atomic E-state index is -0.200. The van der Waals surface area contributed by atoms with Crippen LogP contribution in [0.5, 0.6) is 5.75 Å². The molecule has 0 radical (unpaired) electrons. The van der Waals surface area contributed by atoms with Gasteiger partial charge in [-0.2, -0.15) is 0 Å². The molecule has 0 saturated carbocycles. The van der Waals surface area contributed by atoms with E-state index in [9.17, 15) is 4.79 Å². The van der Waals surface area contributed by atoms with Crippen molar-refractivity contribution < 1.29 is 14.3 Å². The van der Waals surface area contributed by atoms with Gasteiger partial charge >= 0.3 is 5.97 Å². The van der Waals surface area contributed by atoms with Crippen LogP contribution in [0.3, 0.4) is 0 Å². The Morgan fingerprint density at radius 1 is 1.35 bits per heavy atom. The highest BCUT2D eigenvalue weighted by Gasteiger charge is 2.10. The van der Waals surface area contributed by atoms with Crippen molar-refractivity contribution in [2.75, 3.05) is 14.2 Å².